The molecule has 9 heteroatoms. The van der Waals surface area contributed by atoms with Crippen LogP contribution in [0.3, 0.4) is 0 Å². The Morgan fingerprint density at radius 2 is 1.65 bits per heavy atom. The first-order chi connectivity index (χ1) is 17.5. The highest BCUT2D eigenvalue weighted by atomic mass is 35.5. The number of allylic oxidation sites excluding steroid dienone is 1. The summed E-state index contributed by atoms with van der Waals surface area (Å²) in [6, 6.07) is 14.3. The minimum atomic E-state index is -0.959. The van der Waals surface area contributed by atoms with Gasteiger partial charge in [0.25, 0.3) is 5.91 Å². The number of carboxylic acid groups (broad SMARTS) is 1. The zero-order valence-electron chi connectivity index (χ0n) is 21.1. The molecule has 2 aromatic carbocycles. The third-order valence-corrected chi connectivity index (χ3v) is 9.12. The number of carbonyl (C=O) groups is 2. The molecule has 0 aromatic heterocycles. The van der Waals surface area contributed by atoms with Gasteiger partial charge in [-0.15, -0.1) is 0 Å². The molecule has 37 heavy (non-hydrogen) atoms. The SMILES string of the molecule is CC(C)C1=C(C(=O)N2[C@H](C)CC[C@H]2C(=O)O)SC2=N[C@@](C)(c3ccc(Cl)cc3)C(c3ccc(Cl)cc3)N21. The molecule has 194 valence electrons. The van der Waals surface area contributed by atoms with Crippen molar-refractivity contribution in [3.05, 3.63) is 80.3 Å². The topological polar surface area (TPSA) is 73.2 Å². The van der Waals surface area contributed by atoms with Gasteiger partial charge in [0, 0.05) is 21.8 Å². The predicted molar refractivity (Wildman–Crippen MR) is 149 cm³/mol. The van der Waals surface area contributed by atoms with Gasteiger partial charge in [0.1, 0.15) is 16.5 Å². The van der Waals surface area contributed by atoms with Crippen LogP contribution in [0, 0.1) is 5.92 Å². The molecule has 0 radical (unpaired) electrons. The molecular weight excluding hydrogens is 529 g/mol. The number of likely N-dealkylation sites (tertiary alicyclic amines) is 1. The van der Waals surface area contributed by atoms with Gasteiger partial charge in [0.15, 0.2) is 5.17 Å². The van der Waals surface area contributed by atoms with Gasteiger partial charge in [0.2, 0.25) is 0 Å². The number of aliphatic carboxylic acids is 1. The van der Waals surface area contributed by atoms with Crippen molar-refractivity contribution >= 4 is 52.0 Å². The molecule has 3 aliphatic heterocycles. The van der Waals surface area contributed by atoms with Crippen LogP contribution >= 0.6 is 35.0 Å². The standard InChI is InChI=1S/C28H29Cl2N3O3S/c1-15(2)22-23(25(34)32-16(3)5-14-21(32)26(35)36)37-27-31-28(4,18-8-12-20(30)13-9-18)24(33(22)27)17-6-10-19(29)11-7-17/h6-13,15-16,21,24H,5,14H2,1-4H3,(H,35,36)/t16-,21+,24?,28+/m1/s1. The van der Waals surface area contributed by atoms with Crippen LogP contribution in [0.5, 0.6) is 0 Å². The van der Waals surface area contributed by atoms with Gasteiger partial charge in [-0.2, -0.15) is 0 Å². The van der Waals surface area contributed by atoms with Gasteiger partial charge >= 0.3 is 5.97 Å². The highest BCUT2D eigenvalue weighted by Crippen LogP contribution is 2.56. The maximum absolute atomic E-state index is 13.9. The zero-order chi connectivity index (χ0) is 26.6. The third-order valence-electron chi connectivity index (χ3n) is 7.55. The van der Waals surface area contributed by atoms with Crippen molar-refractivity contribution in [2.45, 2.75) is 64.2 Å². The van der Waals surface area contributed by atoms with Crippen molar-refractivity contribution < 1.29 is 14.7 Å². The van der Waals surface area contributed by atoms with Crippen LogP contribution in [0.1, 0.15) is 57.7 Å². The minimum absolute atomic E-state index is 0.00250. The second-order valence-electron chi connectivity index (χ2n) is 10.3. The molecule has 1 unspecified atom stereocenters. The molecule has 1 amide bonds. The van der Waals surface area contributed by atoms with Gasteiger partial charge < -0.3 is 14.9 Å². The molecule has 5 rings (SSSR count). The number of carboxylic acids is 1. The normalized spacial score (nSPS) is 27.2. The fraction of sp³-hybridized carbons (Fsp3) is 0.393. The highest BCUT2D eigenvalue weighted by Gasteiger charge is 2.54. The molecule has 1 fully saturated rings. The molecule has 0 aliphatic carbocycles. The summed E-state index contributed by atoms with van der Waals surface area (Å²) in [6.07, 6.45) is 1.13. The monoisotopic (exact) mass is 557 g/mol. The van der Waals surface area contributed by atoms with Gasteiger partial charge in [-0.3, -0.25) is 4.79 Å². The van der Waals surface area contributed by atoms with E-state index in [9.17, 15) is 14.7 Å². The largest absolute Gasteiger partial charge is 0.480 e. The lowest BCUT2D eigenvalue weighted by Crippen LogP contribution is -2.44. The summed E-state index contributed by atoms with van der Waals surface area (Å²) in [5.74, 6) is -1.19. The number of fused-ring (bicyclic) bond motifs is 1. The number of nitrogens with zero attached hydrogens (tertiary/aromatic N) is 3. The van der Waals surface area contributed by atoms with Crippen molar-refractivity contribution in [1.29, 1.82) is 0 Å². The van der Waals surface area contributed by atoms with E-state index in [2.05, 4.69) is 25.7 Å². The van der Waals surface area contributed by atoms with Crippen molar-refractivity contribution in [2.75, 3.05) is 0 Å². The Morgan fingerprint density at radius 3 is 2.22 bits per heavy atom. The smallest absolute Gasteiger partial charge is 0.326 e. The van der Waals surface area contributed by atoms with E-state index >= 15 is 0 Å². The predicted octanol–water partition coefficient (Wildman–Crippen LogP) is 6.70. The summed E-state index contributed by atoms with van der Waals surface area (Å²) in [6.45, 7) is 8.14. The first-order valence-electron chi connectivity index (χ1n) is 12.4. The average molecular weight is 559 g/mol. The Bertz CT molecular complexity index is 1310. The number of amides is 1. The van der Waals surface area contributed by atoms with Gasteiger partial charge in [0.05, 0.1) is 6.04 Å². The number of rotatable bonds is 5. The van der Waals surface area contributed by atoms with Crippen LogP contribution < -0.4 is 0 Å². The summed E-state index contributed by atoms with van der Waals surface area (Å²) >= 11 is 13.8. The van der Waals surface area contributed by atoms with Crippen LogP contribution in [0.4, 0.5) is 0 Å². The Labute approximate surface area is 231 Å². The fourth-order valence-corrected chi connectivity index (χ4v) is 7.35. The van der Waals surface area contributed by atoms with E-state index in [1.54, 1.807) is 4.90 Å². The van der Waals surface area contributed by atoms with Gasteiger partial charge in [-0.05, 0) is 79.8 Å². The Morgan fingerprint density at radius 1 is 1.05 bits per heavy atom. The van der Waals surface area contributed by atoms with E-state index in [1.807, 2.05) is 55.5 Å². The summed E-state index contributed by atoms with van der Waals surface area (Å²) in [5.41, 5.74) is 2.25. The minimum Gasteiger partial charge on any atom is -0.480 e. The molecule has 0 spiro atoms. The summed E-state index contributed by atoms with van der Waals surface area (Å²) in [4.78, 5) is 35.4. The number of halogens is 2. The molecule has 3 aliphatic rings. The van der Waals surface area contributed by atoms with Crippen molar-refractivity contribution in [2.24, 2.45) is 10.9 Å². The van der Waals surface area contributed by atoms with Crippen molar-refractivity contribution in [3.8, 4) is 0 Å². The molecule has 1 saturated heterocycles. The number of hydrogen-bond acceptors (Lipinski definition) is 5. The summed E-state index contributed by atoms with van der Waals surface area (Å²) < 4.78 is 0. The molecule has 2 aromatic rings. The second kappa shape index (κ2) is 9.68. The van der Waals surface area contributed by atoms with E-state index in [4.69, 9.17) is 28.2 Å². The van der Waals surface area contributed by atoms with Crippen LogP contribution in [0.15, 0.2) is 64.1 Å². The van der Waals surface area contributed by atoms with Crippen molar-refractivity contribution in [1.82, 2.24) is 9.80 Å². The number of thioether (sulfide) groups is 1. The molecule has 0 saturated carbocycles. The van der Waals surface area contributed by atoms with E-state index in [1.165, 1.54) is 11.8 Å². The number of aliphatic imine (C=N–C) groups is 1. The van der Waals surface area contributed by atoms with E-state index in [-0.39, 0.29) is 23.9 Å². The second-order valence-corrected chi connectivity index (χ2v) is 12.2. The number of hydrogen-bond donors (Lipinski definition) is 1. The van der Waals surface area contributed by atoms with E-state index in [0.29, 0.717) is 27.8 Å². The lowest BCUT2D eigenvalue weighted by Gasteiger charge is -2.37. The Hall–Kier alpha value is -2.48. The van der Waals surface area contributed by atoms with Crippen LogP contribution in [0.25, 0.3) is 0 Å². The quantitative estimate of drug-likeness (QED) is 0.442. The number of benzene rings is 2. The van der Waals surface area contributed by atoms with Gasteiger partial charge in [-0.25, -0.2) is 9.79 Å². The van der Waals surface area contributed by atoms with Crippen LogP contribution in [0.2, 0.25) is 10.0 Å². The first-order valence-corrected chi connectivity index (χ1v) is 14.0. The maximum atomic E-state index is 13.9. The van der Waals surface area contributed by atoms with E-state index in [0.717, 1.165) is 22.0 Å². The molecule has 6 nitrogen and oxygen atoms in total. The number of carbonyl (C=O) groups excluding carboxylic acids is 1. The fourth-order valence-electron chi connectivity index (χ4n) is 5.75. The third kappa shape index (κ3) is 4.35. The van der Waals surface area contributed by atoms with Crippen LogP contribution in [-0.4, -0.2) is 44.0 Å². The average Bonchev–Trinajstić information content (AvgIpc) is 3.49. The Kier molecular flexibility index (Phi) is 6.84. The van der Waals surface area contributed by atoms with Crippen molar-refractivity contribution in [3.63, 3.8) is 0 Å². The summed E-state index contributed by atoms with van der Waals surface area (Å²) in [7, 11) is 0. The lowest BCUT2D eigenvalue weighted by atomic mass is 9.81. The molecule has 0 bridgehead atoms. The molecular formula is C28H29Cl2N3O3S. The van der Waals surface area contributed by atoms with Crippen LogP contribution in [-0.2, 0) is 15.1 Å². The Balaban J connectivity index is 1.64. The van der Waals surface area contributed by atoms with Gasteiger partial charge in [-0.1, -0.05) is 61.3 Å². The lowest BCUT2D eigenvalue weighted by molar-refractivity contribution is -0.147. The summed E-state index contributed by atoms with van der Waals surface area (Å²) in [5, 5.41) is 11.8. The zero-order valence-corrected chi connectivity index (χ0v) is 23.4. The first kappa shape index (κ1) is 26.1. The molecule has 3 heterocycles. The van der Waals surface area contributed by atoms with E-state index < -0.39 is 17.6 Å². The highest BCUT2D eigenvalue weighted by molar-refractivity contribution is 8.18. The number of amidine groups is 1. The molecule has 1 N–H and O–H groups in total. The molecule has 4 atom stereocenters. The maximum Gasteiger partial charge on any atom is 0.326 e.